The van der Waals surface area contributed by atoms with Crippen molar-refractivity contribution in [3.8, 4) is 0 Å². The van der Waals surface area contributed by atoms with Gasteiger partial charge < -0.3 is 5.32 Å². The first-order chi connectivity index (χ1) is 11.6. The van der Waals surface area contributed by atoms with Crippen molar-refractivity contribution < 1.29 is 4.79 Å². The maximum absolute atomic E-state index is 12.1. The van der Waals surface area contributed by atoms with Crippen molar-refractivity contribution in [2.24, 2.45) is 7.05 Å². The first-order valence-corrected chi connectivity index (χ1v) is 9.12. The van der Waals surface area contributed by atoms with Gasteiger partial charge in [0.25, 0.3) is 0 Å². The molecule has 126 valence electrons. The second-order valence-electron chi connectivity index (χ2n) is 6.00. The number of benzene rings is 1. The minimum Gasteiger partial charge on any atom is -0.302 e. The van der Waals surface area contributed by atoms with Gasteiger partial charge in [-0.1, -0.05) is 30.7 Å². The maximum atomic E-state index is 12.1. The Balaban J connectivity index is 1.60. The lowest BCUT2D eigenvalue weighted by Gasteiger charge is -1.99. The molecule has 0 aliphatic carbocycles. The van der Waals surface area contributed by atoms with Crippen LogP contribution in [0.2, 0.25) is 0 Å². The summed E-state index contributed by atoms with van der Waals surface area (Å²) >= 11 is 1.54. The van der Waals surface area contributed by atoms with Gasteiger partial charge in [0.1, 0.15) is 0 Å². The summed E-state index contributed by atoms with van der Waals surface area (Å²) in [5.74, 6) is -0.0101. The van der Waals surface area contributed by atoms with E-state index in [9.17, 15) is 4.79 Å². The average molecular weight is 342 g/mol. The van der Waals surface area contributed by atoms with E-state index in [1.165, 1.54) is 29.7 Å². The normalized spacial score (nSPS) is 11.1. The minimum absolute atomic E-state index is 0.0101. The van der Waals surface area contributed by atoms with Gasteiger partial charge in [0.2, 0.25) is 5.91 Å². The number of amides is 1. The lowest BCUT2D eigenvalue weighted by molar-refractivity contribution is -0.116. The van der Waals surface area contributed by atoms with Gasteiger partial charge in [-0.25, -0.2) is 4.98 Å². The van der Waals surface area contributed by atoms with Crippen LogP contribution < -0.4 is 5.32 Å². The van der Waals surface area contributed by atoms with Crippen LogP contribution in [0.15, 0.2) is 30.6 Å². The van der Waals surface area contributed by atoms with Crippen LogP contribution in [-0.4, -0.2) is 20.7 Å². The van der Waals surface area contributed by atoms with Gasteiger partial charge in [0.05, 0.1) is 16.4 Å². The van der Waals surface area contributed by atoms with Gasteiger partial charge in [-0.15, -0.1) is 0 Å². The van der Waals surface area contributed by atoms with Crippen molar-refractivity contribution in [3.63, 3.8) is 0 Å². The van der Waals surface area contributed by atoms with E-state index in [1.807, 2.05) is 19.3 Å². The molecule has 0 bridgehead atoms. The molecule has 0 radical (unpaired) electrons. The number of hydrogen-bond donors (Lipinski definition) is 1. The number of carbonyl (C=O) groups excluding carboxylic acids is 1. The van der Waals surface area contributed by atoms with Crippen LogP contribution in [0.3, 0.4) is 0 Å². The van der Waals surface area contributed by atoms with Gasteiger partial charge in [-0.05, 0) is 42.5 Å². The van der Waals surface area contributed by atoms with Gasteiger partial charge in [-0.2, -0.15) is 5.10 Å². The van der Waals surface area contributed by atoms with Gasteiger partial charge in [0, 0.05) is 19.7 Å². The molecular weight excluding hydrogens is 320 g/mol. The number of aryl methyl sites for hydroxylation is 3. The number of unbranched alkanes of at least 4 members (excludes halogenated alkanes) is 1. The molecule has 1 aromatic carbocycles. The SMILES string of the molecule is CCCCc1ccc2nc(NC(=O)CCc3cnn(C)c3)sc2c1. The van der Waals surface area contributed by atoms with E-state index in [4.69, 9.17) is 0 Å². The second-order valence-corrected chi connectivity index (χ2v) is 7.03. The Morgan fingerprint density at radius 2 is 2.17 bits per heavy atom. The Bertz CT molecular complexity index is 837. The first-order valence-electron chi connectivity index (χ1n) is 8.31. The molecule has 24 heavy (non-hydrogen) atoms. The van der Waals surface area contributed by atoms with Crippen LogP contribution in [-0.2, 0) is 24.7 Å². The summed E-state index contributed by atoms with van der Waals surface area (Å²) in [5, 5.41) is 7.70. The Kier molecular flexibility index (Phi) is 5.25. The fraction of sp³-hybridized carbons (Fsp3) is 0.389. The quantitative estimate of drug-likeness (QED) is 0.707. The maximum Gasteiger partial charge on any atom is 0.226 e. The highest BCUT2D eigenvalue weighted by Crippen LogP contribution is 2.27. The molecule has 1 amide bonds. The number of rotatable bonds is 7. The average Bonchev–Trinajstić information content (AvgIpc) is 3.15. The Morgan fingerprint density at radius 3 is 2.92 bits per heavy atom. The standard InChI is InChI=1S/C18H22N4OS/c1-3-4-5-13-6-8-15-16(10-13)24-18(20-15)21-17(23)9-7-14-11-19-22(2)12-14/h6,8,10-12H,3-5,7,9H2,1-2H3,(H,20,21,23). The summed E-state index contributed by atoms with van der Waals surface area (Å²) in [6.07, 6.45) is 8.33. The Morgan fingerprint density at radius 1 is 1.29 bits per heavy atom. The number of aromatic nitrogens is 3. The summed E-state index contributed by atoms with van der Waals surface area (Å²) < 4.78 is 2.88. The van der Waals surface area contributed by atoms with Crippen LogP contribution in [0.25, 0.3) is 10.2 Å². The highest BCUT2D eigenvalue weighted by molar-refractivity contribution is 7.22. The van der Waals surface area contributed by atoms with E-state index in [0.717, 1.165) is 22.2 Å². The molecule has 2 aromatic heterocycles. The molecule has 2 heterocycles. The predicted octanol–water partition coefficient (Wildman–Crippen LogP) is 3.94. The molecule has 0 saturated carbocycles. The summed E-state index contributed by atoms with van der Waals surface area (Å²) in [6.45, 7) is 2.20. The number of fused-ring (bicyclic) bond motifs is 1. The largest absolute Gasteiger partial charge is 0.302 e. The zero-order valence-electron chi connectivity index (χ0n) is 14.1. The number of thiazole rings is 1. The molecule has 1 N–H and O–H groups in total. The molecule has 5 nitrogen and oxygen atoms in total. The zero-order chi connectivity index (χ0) is 16.9. The minimum atomic E-state index is -0.0101. The van der Waals surface area contributed by atoms with E-state index in [0.29, 0.717) is 18.0 Å². The molecule has 6 heteroatoms. The summed E-state index contributed by atoms with van der Waals surface area (Å²) in [5.41, 5.74) is 3.35. The van der Waals surface area contributed by atoms with Crippen molar-refractivity contribution in [2.45, 2.75) is 39.0 Å². The summed E-state index contributed by atoms with van der Waals surface area (Å²) in [7, 11) is 1.87. The van der Waals surface area contributed by atoms with Crippen molar-refractivity contribution >= 4 is 32.6 Å². The lowest BCUT2D eigenvalue weighted by atomic mass is 10.1. The van der Waals surface area contributed by atoms with E-state index >= 15 is 0 Å². The Labute approximate surface area is 145 Å². The van der Waals surface area contributed by atoms with Gasteiger partial charge >= 0.3 is 0 Å². The van der Waals surface area contributed by atoms with E-state index < -0.39 is 0 Å². The molecule has 0 aliphatic rings. The number of nitrogens with zero attached hydrogens (tertiary/aromatic N) is 3. The van der Waals surface area contributed by atoms with Crippen LogP contribution in [0.1, 0.15) is 37.3 Å². The van der Waals surface area contributed by atoms with Gasteiger partial charge in [-0.3, -0.25) is 9.48 Å². The fourth-order valence-electron chi connectivity index (χ4n) is 2.60. The monoisotopic (exact) mass is 342 g/mol. The second kappa shape index (κ2) is 7.57. The van der Waals surface area contributed by atoms with Crippen molar-refractivity contribution in [3.05, 3.63) is 41.7 Å². The number of carbonyl (C=O) groups is 1. The van der Waals surface area contributed by atoms with Crippen LogP contribution in [0, 0.1) is 0 Å². The molecule has 0 aliphatic heterocycles. The van der Waals surface area contributed by atoms with E-state index in [1.54, 1.807) is 10.9 Å². The summed E-state index contributed by atoms with van der Waals surface area (Å²) in [4.78, 5) is 16.6. The topological polar surface area (TPSA) is 59.8 Å². The molecule has 3 rings (SSSR count). The Hall–Kier alpha value is -2.21. The molecule has 0 unspecified atom stereocenters. The number of anilines is 1. The van der Waals surface area contributed by atoms with Crippen LogP contribution in [0.5, 0.6) is 0 Å². The smallest absolute Gasteiger partial charge is 0.226 e. The highest BCUT2D eigenvalue weighted by atomic mass is 32.1. The van der Waals surface area contributed by atoms with Crippen LogP contribution >= 0.6 is 11.3 Å². The van der Waals surface area contributed by atoms with E-state index in [2.05, 4.69) is 34.5 Å². The van der Waals surface area contributed by atoms with Gasteiger partial charge in [0.15, 0.2) is 5.13 Å². The van der Waals surface area contributed by atoms with Crippen molar-refractivity contribution in [1.82, 2.24) is 14.8 Å². The molecule has 0 saturated heterocycles. The van der Waals surface area contributed by atoms with E-state index in [-0.39, 0.29) is 5.91 Å². The fourth-order valence-corrected chi connectivity index (χ4v) is 3.55. The molecule has 0 fully saturated rings. The van der Waals surface area contributed by atoms with Crippen molar-refractivity contribution in [2.75, 3.05) is 5.32 Å². The first kappa shape index (κ1) is 16.6. The molecule has 0 spiro atoms. The lowest BCUT2D eigenvalue weighted by Crippen LogP contribution is -2.11. The summed E-state index contributed by atoms with van der Waals surface area (Å²) in [6, 6.07) is 6.36. The third kappa shape index (κ3) is 4.20. The van der Waals surface area contributed by atoms with Crippen LogP contribution in [0.4, 0.5) is 5.13 Å². The molecule has 3 aromatic rings. The highest BCUT2D eigenvalue weighted by Gasteiger charge is 2.09. The zero-order valence-corrected chi connectivity index (χ0v) is 14.9. The number of nitrogens with one attached hydrogen (secondary N) is 1. The third-order valence-corrected chi connectivity index (χ3v) is 4.85. The number of hydrogen-bond acceptors (Lipinski definition) is 4. The third-order valence-electron chi connectivity index (χ3n) is 3.92. The molecule has 0 atom stereocenters. The predicted molar refractivity (Wildman–Crippen MR) is 98.4 cm³/mol. The molecular formula is C18H22N4OS. The van der Waals surface area contributed by atoms with Crippen molar-refractivity contribution in [1.29, 1.82) is 0 Å².